The molecule has 0 aromatic rings. The van der Waals surface area contributed by atoms with Gasteiger partial charge < -0.3 is 15.2 Å². The van der Waals surface area contributed by atoms with E-state index in [0.717, 1.165) is 18.0 Å². The number of rotatable bonds is 26. The van der Waals surface area contributed by atoms with Gasteiger partial charge in [0.15, 0.2) is 0 Å². The van der Waals surface area contributed by atoms with Gasteiger partial charge in [-0.2, -0.15) is 0 Å². The molecular formula is C33H67NO2. The molecule has 0 aliphatic rings. The molecule has 0 saturated carbocycles. The molecule has 2 atom stereocenters. The lowest BCUT2D eigenvalue weighted by Gasteiger charge is -2.13. The van der Waals surface area contributed by atoms with Crippen LogP contribution in [0.3, 0.4) is 0 Å². The quantitative estimate of drug-likeness (QED) is 0.0900. The van der Waals surface area contributed by atoms with Gasteiger partial charge >= 0.3 is 0 Å². The van der Waals surface area contributed by atoms with Gasteiger partial charge in [-0.1, -0.05) is 143 Å². The van der Waals surface area contributed by atoms with E-state index in [1.54, 1.807) is 7.11 Å². The van der Waals surface area contributed by atoms with Gasteiger partial charge in [0.25, 0.3) is 0 Å². The molecular weight excluding hydrogens is 442 g/mol. The average molecular weight is 510 g/mol. The second-order valence-electron chi connectivity index (χ2n) is 10.8. The molecule has 36 heavy (non-hydrogen) atoms. The average Bonchev–Trinajstić information content (AvgIpc) is 2.87. The first-order chi connectivity index (χ1) is 17.5. The van der Waals surface area contributed by atoms with Crippen molar-refractivity contribution in [2.24, 2.45) is 5.92 Å². The summed E-state index contributed by atoms with van der Waals surface area (Å²) in [5.74, 6) is 0.843. The molecule has 0 rings (SSSR count). The third-order valence-corrected chi connectivity index (χ3v) is 6.76. The van der Waals surface area contributed by atoms with Crippen molar-refractivity contribution >= 4 is 0 Å². The Morgan fingerprint density at radius 3 is 1.89 bits per heavy atom. The maximum absolute atomic E-state index is 9.57. The Kier molecular flexibility index (Phi) is 33.4. The van der Waals surface area contributed by atoms with Gasteiger partial charge in [0.2, 0.25) is 0 Å². The number of hydrogen-bond donors (Lipinski definition) is 2. The zero-order chi connectivity index (χ0) is 27.1. The summed E-state index contributed by atoms with van der Waals surface area (Å²) in [6.07, 6.45) is 31.1. The van der Waals surface area contributed by atoms with Crippen LogP contribution in [0.4, 0.5) is 0 Å². The molecule has 0 fully saturated rings. The highest BCUT2D eigenvalue weighted by atomic mass is 16.5. The third-order valence-electron chi connectivity index (χ3n) is 6.76. The molecule has 2 N–H and O–H groups in total. The summed E-state index contributed by atoms with van der Waals surface area (Å²) in [4.78, 5) is 0. The van der Waals surface area contributed by atoms with E-state index in [-0.39, 0.29) is 0 Å². The van der Waals surface area contributed by atoms with E-state index in [0.29, 0.717) is 13.2 Å². The number of aliphatic hydroxyl groups excluding tert-OH is 1. The highest BCUT2D eigenvalue weighted by Gasteiger charge is 2.03. The zero-order valence-electron chi connectivity index (χ0n) is 25.4. The Balaban J connectivity index is 0. The van der Waals surface area contributed by atoms with Gasteiger partial charge in [-0.3, -0.25) is 0 Å². The van der Waals surface area contributed by atoms with Gasteiger partial charge in [0, 0.05) is 19.4 Å². The molecule has 0 heterocycles. The van der Waals surface area contributed by atoms with Crippen molar-refractivity contribution in [3.8, 4) is 0 Å². The van der Waals surface area contributed by atoms with Crippen molar-refractivity contribution in [3.05, 3.63) is 24.4 Å². The van der Waals surface area contributed by atoms with E-state index in [1.165, 1.54) is 122 Å². The fraction of sp³-hybridized carbons (Fsp3) is 0.879. The van der Waals surface area contributed by atoms with Crippen molar-refractivity contribution in [3.63, 3.8) is 0 Å². The molecule has 0 aromatic heterocycles. The van der Waals surface area contributed by atoms with E-state index >= 15 is 0 Å². The van der Waals surface area contributed by atoms with Gasteiger partial charge in [0.1, 0.15) is 0 Å². The van der Waals surface area contributed by atoms with Crippen molar-refractivity contribution in [1.82, 2.24) is 5.32 Å². The molecule has 3 nitrogen and oxygen atoms in total. The fourth-order valence-electron chi connectivity index (χ4n) is 4.25. The van der Waals surface area contributed by atoms with Gasteiger partial charge in [-0.15, -0.1) is 0 Å². The van der Waals surface area contributed by atoms with Crippen molar-refractivity contribution in [2.75, 3.05) is 20.3 Å². The van der Waals surface area contributed by atoms with E-state index < -0.39 is 6.10 Å². The third kappa shape index (κ3) is 33.2. The first-order valence-electron chi connectivity index (χ1n) is 15.7. The van der Waals surface area contributed by atoms with Crippen molar-refractivity contribution in [1.29, 1.82) is 0 Å². The first-order valence-corrected chi connectivity index (χ1v) is 15.7. The largest absolute Gasteiger partial charge is 0.389 e. The Bertz CT molecular complexity index is 441. The minimum atomic E-state index is -0.455. The highest BCUT2D eigenvalue weighted by Crippen LogP contribution is 2.14. The van der Waals surface area contributed by atoms with E-state index in [4.69, 9.17) is 4.74 Å². The molecule has 0 aliphatic carbocycles. The topological polar surface area (TPSA) is 41.5 Å². The number of ether oxygens (including phenoxy) is 1. The summed E-state index contributed by atoms with van der Waals surface area (Å²) in [5, 5.41) is 12.8. The van der Waals surface area contributed by atoms with Crippen molar-refractivity contribution < 1.29 is 9.84 Å². The summed E-state index contributed by atoms with van der Waals surface area (Å²) in [5.41, 5.74) is 1.02. The summed E-state index contributed by atoms with van der Waals surface area (Å²) in [7, 11) is 1.60. The maximum Gasteiger partial charge on any atom is 0.0945 e. The molecule has 0 bridgehead atoms. The fourth-order valence-corrected chi connectivity index (χ4v) is 4.25. The standard InChI is InChI=1S/C23H45NO2.C10H22/c1-5-6-13-16-21(2)17-14-11-9-7-8-10-12-15-18-22(3)24-19-23(25)20-26-4;1-3-5-7-9-10-8-6-4-2/h11,14,21,23-25H,3,5-10,12-13,15-20H2,1-2,4H3;3-10H2,1-2H3/b14-11-;. The minimum Gasteiger partial charge on any atom is -0.389 e. The van der Waals surface area contributed by atoms with Crippen LogP contribution in [-0.2, 0) is 4.74 Å². The van der Waals surface area contributed by atoms with Crippen LogP contribution in [0.1, 0.15) is 156 Å². The number of nitrogens with one attached hydrogen (secondary N) is 1. The molecule has 0 amide bonds. The minimum absolute atomic E-state index is 0.368. The zero-order valence-corrected chi connectivity index (χ0v) is 25.4. The van der Waals surface area contributed by atoms with Gasteiger partial charge in [-0.05, 0) is 38.0 Å². The Hall–Kier alpha value is -0.800. The molecule has 216 valence electrons. The van der Waals surface area contributed by atoms with Crippen LogP contribution in [0.25, 0.3) is 0 Å². The van der Waals surface area contributed by atoms with E-state index in [1.807, 2.05) is 0 Å². The van der Waals surface area contributed by atoms with Crippen molar-refractivity contribution in [2.45, 2.75) is 162 Å². The second-order valence-corrected chi connectivity index (χ2v) is 10.8. The SMILES string of the molecule is C=C(CCCCCCC/C=C\CC(C)CCCCC)NCC(O)COC.CCCCCCCCCC. The summed E-state index contributed by atoms with van der Waals surface area (Å²) >= 11 is 0. The summed E-state index contributed by atoms with van der Waals surface area (Å²) in [6, 6.07) is 0. The van der Waals surface area contributed by atoms with Crippen LogP contribution in [-0.4, -0.2) is 31.5 Å². The maximum atomic E-state index is 9.57. The Labute approximate surface area is 228 Å². The molecule has 0 aliphatic heterocycles. The molecule has 2 unspecified atom stereocenters. The van der Waals surface area contributed by atoms with Crippen LogP contribution in [0.15, 0.2) is 24.4 Å². The van der Waals surface area contributed by atoms with E-state index in [9.17, 15) is 5.11 Å². The molecule has 0 radical (unpaired) electrons. The molecule has 0 saturated heterocycles. The molecule has 0 aromatic carbocycles. The van der Waals surface area contributed by atoms with Crippen LogP contribution in [0, 0.1) is 5.92 Å². The summed E-state index contributed by atoms with van der Waals surface area (Å²) < 4.78 is 4.90. The van der Waals surface area contributed by atoms with Gasteiger partial charge in [-0.25, -0.2) is 0 Å². The predicted octanol–water partition coefficient (Wildman–Crippen LogP) is 10.1. The predicted molar refractivity (Wildman–Crippen MR) is 163 cm³/mol. The van der Waals surface area contributed by atoms with E-state index in [2.05, 4.69) is 51.7 Å². The lowest BCUT2D eigenvalue weighted by atomic mass is 9.99. The number of allylic oxidation sites excluding steroid dienone is 3. The lowest BCUT2D eigenvalue weighted by molar-refractivity contribution is 0.0660. The number of hydrogen-bond acceptors (Lipinski definition) is 3. The smallest absolute Gasteiger partial charge is 0.0945 e. The second kappa shape index (κ2) is 32.2. The van der Waals surface area contributed by atoms with Crippen LogP contribution >= 0.6 is 0 Å². The highest BCUT2D eigenvalue weighted by molar-refractivity contribution is 4.91. The summed E-state index contributed by atoms with van der Waals surface area (Å²) in [6.45, 7) is 14.1. The molecule has 0 spiro atoms. The number of aliphatic hydroxyl groups is 1. The van der Waals surface area contributed by atoms with Crippen LogP contribution < -0.4 is 5.32 Å². The Morgan fingerprint density at radius 2 is 1.31 bits per heavy atom. The number of methoxy groups -OCH3 is 1. The van der Waals surface area contributed by atoms with Crippen LogP contribution in [0.5, 0.6) is 0 Å². The monoisotopic (exact) mass is 510 g/mol. The normalized spacial score (nSPS) is 12.8. The van der Waals surface area contributed by atoms with Gasteiger partial charge in [0.05, 0.1) is 12.7 Å². The Morgan fingerprint density at radius 1 is 0.778 bits per heavy atom. The number of unbranched alkanes of at least 4 members (excludes halogenated alkanes) is 14. The lowest BCUT2D eigenvalue weighted by Crippen LogP contribution is -2.29. The molecule has 3 heteroatoms. The van der Waals surface area contributed by atoms with Crippen LogP contribution in [0.2, 0.25) is 0 Å². The first kappa shape index (κ1) is 37.4.